The Morgan fingerprint density at radius 1 is 0.900 bits per heavy atom. The molecular formula is C17H17NO2. The van der Waals surface area contributed by atoms with E-state index in [1.54, 1.807) is 24.3 Å². The zero-order valence-corrected chi connectivity index (χ0v) is 11.9. The van der Waals surface area contributed by atoms with Gasteiger partial charge in [-0.05, 0) is 13.0 Å². The van der Waals surface area contributed by atoms with E-state index in [-0.39, 0.29) is 11.6 Å². The molecule has 0 spiro atoms. The molecule has 3 heteroatoms. The molecule has 0 N–H and O–H groups in total. The first-order chi connectivity index (χ1) is 9.52. The topological polar surface area (TPSA) is 37.4 Å². The van der Waals surface area contributed by atoms with Gasteiger partial charge >= 0.3 is 0 Å². The molecule has 0 fully saturated rings. The maximum atomic E-state index is 12.6. The number of benzene rings is 2. The molecule has 102 valence electrons. The first kappa shape index (κ1) is 14.0. The third-order valence-electron chi connectivity index (χ3n) is 3.16. The SMILES string of the molecule is CC(=O)c1c(C(=O)c2ccccc2)cccc1N(C)C. The van der Waals surface area contributed by atoms with Gasteiger partial charge in [0.1, 0.15) is 0 Å². The average molecular weight is 267 g/mol. The van der Waals surface area contributed by atoms with Gasteiger partial charge in [0.25, 0.3) is 0 Å². The minimum Gasteiger partial charge on any atom is -0.377 e. The smallest absolute Gasteiger partial charge is 0.193 e. The number of rotatable bonds is 4. The number of Topliss-reactive ketones (excluding diaryl/α,β-unsaturated/α-hetero) is 1. The maximum Gasteiger partial charge on any atom is 0.193 e. The molecule has 0 aliphatic carbocycles. The van der Waals surface area contributed by atoms with E-state index in [0.29, 0.717) is 16.7 Å². The summed E-state index contributed by atoms with van der Waals surface area (Å²) in [4.78, 5) is 26.4. The summed E-state index contributed by atoms with van der Waals surface area (Å²) in [5, 5.41) is 0. The molecule has 2 aromatic carbocycles. The molecule has 0 atom stereocenters. The summed E-state index contributed by atoms with van der Waals surface area (Å²) in [6.07, 6.45) is 0. The van der Waals surface area contributed by atoms with E-state index in [4.69, 9.17) is 0 Å². The van der Waals surface area contributed by atoms with Gasteiger partial charge in [-0.15, -0.1) is 0 Å². The van der Waals surface area contributed by atoms with Gasteiger partial charge in [0.2, 0.25) is 0 Å². The Morgan fingerprint density at radius 2 is 1.55 bits per heavy atom. The fraction of sp³-hybridized carbons (Fsp3) is 0.176. The van der Waals surface area contributed by atoms with Crippen LogP contribution in [0.15, 0.2) is 48.5 Å². The lowest BCUT2D eigenvalue weighted by molar-refractivity contribution is 0.0991. The number of nitrogens with zero attached hydrogens (tertiary/aromatic N) is 1. The molecule has 0 unspecified atom stereocenters. The van der Waals surface area contributed by atoms with Crippen LogP contribution < -0.4 is 4.90 Å². The molecule has 3 nitrogen and oxygen atoms in total. The van der Waals surface area contributed by atoms with Crippen molar-refractivity contribution in [3.05, 3.63) is 65.2 Å². The third-order valence-corrected chi connectivity index (χ3v) is 3.16. The molecule has 0 aliphatic heterocycles. The number of hydrogen-bond donors (Lipinski definition) is 0. The minimum atomic E-state index is -0.125. The summed E-state index contributed by atoms with van der Waals surface area (Å²) >= 11 is 0. The Bertz CT molecular complexity index is 645. The van der Waals surface area contributed by atoms with Crippen LogP contribution in [0.4, 0.5) is 5.69 Å². The second-order valence-electron chi connectivity index (χ2n) is 4.85. The molecule has 0 aromatic heterocycles. The molecule has 2 rings (SSSR count). The predicted molar refractivity (Wildman–Crippen MR) is 80.6 cm³/mol. The number of anilines is 1. The molecule has 0 bridgehead atoms. The molecule has 0 heterocycles. The Kier molecular flexibility index (Phi) is 3.99. The summed E-state index contributed by atoms with van der Waals surface area (Å²) in [5.41, 5.74) is 2.28. The monoisotopic (exact) mass is 267 g/mol. The van der Waals surface area contributed by atoms with Crippen LogP contribution in [-0.4, -0.2) is 25.7 Å². The quantitative estimate of drug-likeness (QED) is 0.798. The van der Waals surface area contributed by atoms with E-state index >= 15 is 0 Å². The molecule has 20 heavy (non-hydrogen) atoms. The molecule has 0 radical (unpaired) electrons. The number of carbonyl (C=O) groups excluding carboxylic acids is 2. The van der Waals surface area contributed by atoms with E-state index in [0.717, 1.165) is 5.69 Å². The minimum absolute atomic E-state index is 0.103. The van der Waals surface area contributed by atoms with Crippen molar-refractivity contribution in [3.63, 3.8) is 0 Å². The van der Waals surface area contributed by atoms with Crippen molar-refractivity contribution >= 4 is 17.3 Å². The zero-order valence-electron chi connectivity index (χ0n) is 11.9. The highest BCUT2D eigenvalue weighted by Gasteiger charge is 2.20. The molecule has 0 saturated heterocycles. The lowest BCUT2D eigenvalue weighted by atomic mass is 9.94. The lowest BCUT2D eigenvalue weighted by Crippen LogP contribution is -2.17. The van der Waals surface area contributed by atoms with E-state index in [1.807, 2.05) is 43.3 Å². The fourth-order valence-electron chi connectivity index (χ4n) is 2.22. The van der Waals surface area contributed by atoms with Crippen molar-refractivity contribution in [2.45, 2.75) is 6.92 Å². The highest BCUT2D eigenvalue weighted by atomic mass is 16.1. The first-order valence-electron chi connectivity index (χ1n) is 6.43. The second-order valence-corrected chi connectivity index (χ2v) is 4.85. The predicted octanol–water partition coefficient (Wildman–Crippen LogP) is 3.19. The number of hydrogen-bond acceptors (Lipinski definition) is 3. The van der Waals surface area contributed by atoms with Crippen molar-refractivity contribution in [2.75, 3.05) is 19.0 Å². The lowest BCUT2D eigenvalue weighted by Gasteiger charge is -2.18. The van der Waals surface area contributed by atoms with Gasteiger partial charge in [0.05, 0.1) is 5.56 Å². The normalized spacial score (nSPS) is 10.2. The average Bonchev–Trinajstić information content (AvgIpc) is 2.46. The van der Waals surface area contributed by atoms with E-state index in [1.165, 1.54) is 6.92 Å². The van der Waals surface area contributed by atoms with Crippen molar-refractivity contribution < 1.29 is 9.59 Å². The zero-order chi connectivity index (χ0) is 14.7. The molecule has 0 aliphatic rings. The van der Waals surface area contributed by atoms with Gasteiger partial charge in [-0.25, -0.2) is 0 Å². The summed E-state index contributed by atoms with van der Waals surface area (Å²) in [6, 6.07) is 14.4. The van der Waals surface area contributed by atoms with Crippen LogP contribution in [0.5, 0.6) is 0 Å². The van der Waals surface area contributed by atoms with Gasteiger partial charge < -0.3 is 4.90 Å². The van der Waals surface area contributed by atoms with Crippen LogP contribution >= 0.6 is 0 Å². The van der Waals surface area contributed by atoms with Crippen molar-refractivity contribution in [2.24, 2.45) is 0 Å². The van der Waals surface area contributed by atoms with Crippen LogP contribution in [-0.2, 0) is 0 Å². The largest absolute Gasteiger partial charge is 0.377 e. The van der Waals surface area contributed by atoms with Crippen LogP contribution in [0.2, 0.25) is 0 Å². The summed E-state index contributed by atoms with van der Waals surface area (Å²) < 4.78 is 0. The summed E-state index contributed by atoms with van der Waals surface area (Å²) in [5.74, 6) is -0.229. The van der Waals surface area contributed by atoms with Gasteiger partial charge in [-0.2, -0.15) is 0 Å². The van der Waals surface area contributed by atoms with Gasteiger partial charge in [-0.1, -0.05) is 42.5 Å². The molecule has 0 saturated carbocycles. The Hall–Kier alpha value is -2.42. The summed E-state index contributed by atoms with van der Waals surface area (Å²) in [6.45, 7) is 1.49. The first-order valence-corrected chi connectivity index (χ1v) is 6.43. The van der Waals surface area contributed by atoms with E-state index in [9.17, 15) is 9.59 Å². The van der Waals surface area contributed by atoms with Gasteiger partial charge in [0, 0.05) is 30.9 Å². The van der Waals surface area contributed by atoms with E-state index in [2.05, 4.69) is 0 Å². The number of ketones is 2. The molecular weight excluding hydrogens is 250 g/mol. The number of carbonyl (C=O) groups is 2. The van der Waals surface area contributed by atoms with Crippen LogP contribution in [0, 0.1) is 0 Å². The van der Waals surface area contributed by atoms with Gasteiger partial charge in [-0.3, -0.25) is 9.59 Å². The van der Waals surface area contributed by atoms with Crippen molar-refractivity contribution in [1.29, 1.82) is 0 Å². The van der Waals surface area contributed by atoms with Crippen LogP contribution in [0.3, 0.4) is 0 Å². The maximum absolute atomic E-state index is 12.6. The Balaban J connectivity index is 2.60. The molecule has 0 amide bonds. The standard InChI is InChI=1S/C17H17NO2/c1-12(19)16-14(10-7-11-15(16)18(2)3)17(20)13-8-5-4-6-9-13/h4-11H,1-3H3. The van der Waals surface area contributed by atoms with Gasteiger partial charge in [0.15, 0.2) is 11.6 Å². The highest BCUT2D eigenvalue weighted by molar-refractivity contribution is 6.17. The Labute approximate surface area is 118 Å². The molecule has 2 aromatic rings. The van der Waals surface area contributed by atoms with Crippen LogP contribution in [0.1, 0.15) is 33.2 Å². The third kappa shape index (κ3) is 2.62. The van der Waals surface area contributed by atoms with Crippen molar-refractivity contribution in [3.8, 4) is 0 Å². The fourth-order valence-corrected chi connectivity index (χ4v) is 2.22. The summed E-state index contributed by atoms with van der Waals surface area (Å²) in [7, 11) is 3.72. The van der Waals surface area contributed by atoms with E-state index < -0.39 is 0 Å². The van der Waals surface area contributed by atoms with Crippen molar-refractivity contribution in [1.82, 2.24) is 0 Å². The second kappa shape index (κ2) is 5.70. The highest BCUT2D eigenvalue weighted by Crippen LogP contribution is 2.25. The van der Waals surface area contributed by atoms with Crippen LogP contribution in [0.25, 0.3) is 0 Å². The Morgan fingerprint density at radius 3 is 2.10 bits per heavy atom.